The molecule has 1 heterocycles. The molecular weight excluding hydrogens is 312 g/mol. The summed E-state index contributed by atoms with van der Waals surface area (Å²) in [5, 5.41) is 0. The number of benzene rings is 2. The summed E-state index contributed by atoms with van der Waals surface area (Å²) in [7, 11) is 2.03. The average molecular weight is 334 g/mol. The van der Waals surface area contributed by atoms with Crippen LogP contribution < -0.4 is 14.4 Å². The van der Waals surface area contributed by atoms with Gasteiger partial charge in [-0.05, 0) is 68.4 Å². The molecule has 25 heavy (non-hydrogen) atoms. The van der Waals surface area contributed by atoms with E-state index in [4.69, 9.17) is 9.47 Å². The van der Waals surface area contributed by atoms with Gasteiger partial charge in [0, 0.05) is 30.7 Å². The molecule has 0 spiro atoms. The number of hydrogen-bond acceptors (Lipinski definition) is 4. The van der Waals surface area contributed by atoms with Crippen LogP contribution in [0.15, 0.2) is 72.9 Å². The van der Waals surface area contributed by atoms with Crippen LogP contribution in [0.1, 0.15) is 13.8 Å². The Morgan fingerprint density at radius 2 is 1.40 bits per heavy atom. The van der Waals surface area contributed by atoms with Gasteiger partial charge in [0.25, 0.3) is 0 Å². The van der Waals surface area contributed by atoms with Gasteiger partial charge in [0.15, 0.2) is 0 Å². The standard InChI is InChI=1S/C21H22N2O2/c1-16(2)24-19-11-7-17(8-12-19)23(3)18-9-13-20(14-10-18)25-21-6-4-5-15-22-21/h4-16H,1-3H3. The molecule has 0 saturated carbocycles. The quantitative estimate of drug-likeness (QED) is 0.602. The molecule has 2 aromatic carbocycles. The van der Waals surface area contributed by atoms with Crippen LogP contribution in [0, 0.1) is 0 Å². The van der Waals surface area contributed by atoms with Crippen molar-refractivity contribution in [3.63, 3.8) is 0 Å². The number of anilines is 2. The SMILES string of the molecule is CC(C)Oc1ccc(N(C)c2ccc(Oc3ccccn3)cc2)cc1. The lowest BCUT2D eigenvalue weighted by Gasteiger charge is -2.20. The Kier molecular flexibility index (Phi) is 5.19. The Morgan fingerprint density at radius 1 is 0.800 bits per heavy atom. The predicted molar refractivity (Wildman–Crippen MR) is 101 cm³/mol. The zero-order valence-corrected chi connectivity index (χ0v) is 14.7. The second-order valence-electron chi connectivity index (χ2n) is 5.98. The van der Waals surface area contributed by atoms with E-state index in [1.807, 2.05) is 75.5 Å². The molecule has 3 aromatic rings. The molecule has 0 bridgehead atoms. The van der Waals surface area contributed by atoms with Crippen molar-refractivity contribution in [1.29, 1.82) is 0 Å². The van der Waals surface area contributed by atoms with Gasteiger partial charge in [-0.3, -0.25) is 0 Å². The van der Waals surface area contributed by atoms with Gasteiger partial charge in [-0.15, -0.1) is 0 Å². The highest BCUT2D eigenvalue weighted by molar-refractivity contribution is 5.63. The number of hydrogen-bond donors (Lipinski definition) is 0. The van der Waals surface area contributed by atoms with Crippen molar-refractivity contribution in [2.45, 2.75) is 20.0 Å². The maximum Gasteiger partial charge on any atom is 0.219 e. The molecule has 0 radical (unpaired) electrons. The molecule has 0 amide bonds. The van der Waals surface area contributed by atoms with Crippen molar-refractivity contribution in [3.05, 3.63) is 72.9 Å². The van der Waals surface area contributed by atoms with E-state index in [9.17, 15) is 0 Å². The van der Waals surface area contributed by atoms with E-state index in [2.05, 4.69) is 22.0 Å². The number of aromatic nitrogens is 1. The molecular formula is C21H22N2O2. The van der Waals surface area contributed by atoms with Crippen molar-refractivity contribution in [3.8, 4) is 17.4 Å². The normalized spacial score (nSPS) is 10.6. The van der Waals surface area contributed by atoms with Crippen LogP contribution in [-0.2, 0) is 0 Å². The topological polar surface area (TPSA) is 34.6 Å². The number of nitrogens with zero attached hydrogens (tertiary/aromatic N) is 2. The lowest BCUT2D eigenvalue weighted by atomic mass is 10.2. The Bertz CT molecular complexity index is 784. The van der Waals surface area contributed by atoms with E-state index in [0.717, 1.165) is 22.9 Å². The van der Waals surface area contributed by atoms with Crippen molar-refractivity contribution in [1.82, 2.24) is 4.98 Å². The molecule has 0 N–H and O–H groups in total. The molecule has 0 atom stereocenters. The Balaban J connectivity index is 1.69. The van der Waals surface area contributed by atoms with Gasteiger partial charge in [0.2, 0.25) is 5.88 Å². The summed E-state index contributed by atoms with van der Waals surface area (Å²) in [6.07, 6.45) is 1.89. The van der Waals surface area contributed by atoms with Crippen molar-refractivity contribution in [2.75, 3.05) is 11.9 Å². The van der Waals surface area contributed by atoms with E-state index in [0.29, 0.717) is 5.88 Å². The van der Waals surface area contributed by atoms with E-state index in [1.54, 1.807) is 6.20 Å². The number of ether oxygens (including phenoxy) is 2. The van der Waals surface area contributed by atoms with Gasteiger partial charge in [-0.2, -0.15) is 0 Å². The smallest absolute Gasteiger partial charge is 0.219 e. The molecule has 0 aliphatic heterocycles. The fourth-order valence-electron chi connectivity index (χ4n) is 2.44. The molecule has 0 saturated heterocycles. The van der Waals surface area contributed by atoms with Crippen LogP contribution in [0.2, 0.25) is 0 Å². The van der Waals surface area contributed by atoms with Crippen LogP contribution in [0.25, 0.3) is 0 Å². The van der Waals surface area contributed by atoms with Crippen molar-refractivity contribution in [2.24, 2.45) is 0 Å². The lowest BCUT2D eigenvalue weighted by molar-refractivity contribution is 0.242. The Hall–Kier alpha value is -3.01. The average Bonchev–Trinajstić information content (AvgIpc) is 2.63. The predicted octanol–water partition coefficient (Wildman–Crippen LogP) is 5.43. The molecule has 1 aromatic heterocycles. The molecule has 4 heteroatoms. The second kappa shape index (κ2) is 7.71. The summed E-state index contributed by atoms with van der Waals surface area (Å²) >= 11 is 0. The van der Waals surface area contributed by atoms with Gasteiger partial charge in [0.1, 0.15) is 11.5 Å². The maximum absolute atomic E-state index is 5.73. The molecule has 0 aliphatic rings. The van der Waals surface area contributed by atoms with Gasteiger partial charge in [0.05, 0.1) is 6.10 Å². The maximum atomic E-state index is 5.73. The molecule has 0 fully saturated rings. The summed E-state index contributed by atoms with van der Waals surface area (Å²) in [5.41, 5.74) is 2.17. The van der Waals surface area contributed by atoms with Crippen LogP contribution in [-0.4, -0.2) is 18.1 Å². The minimum atomic E-state index is 0.176. The molecule has 0 unspecified atom stereocenters. The van der Waals surface area contributed by atoms with E-state index < -0.39 is 0 Å². The van der Waals surface area contributed by atoms with Crippen molar-refractivity contribution >= 4 is 11.4 Å². The van der Waals surface area contributed by atoms with E-state index >= 15 is 0 Å². The Labute approximate surface area is 148 Å². The highest BCUT2D eigenvalue weighted by Crippen LogP contribution is 2.28. The zero-order chi connectivity index (χ0) is 17.6. The van der Waals surface area contributed by atoms with Crippen molar-refractivity contribution < 1.29 is 9.47 Å². The molecule has 3 rings (SSSR count). The number of rotatable bonds is 6. The summed E-state index contributed by atoms with van der Waals surface area (Å²) < 4.78 is 11.4. The van der Waals surface area contributed by atoms with Gasteiger partial charge in [-0.25, -0.2) is 4.98 Å². The largest absolute Gasteiger partial charge is 0.491 e. The van der Waals surface area contributed by atoms with Crippen LogP contribution in [0.4, 0.5) is 11.4 Å². The summed E-state index contributed by atoms with van der Waals surface area (Å²) in [4.78, 5) is 6.28. The summed E-state index contributed by atoms with van der Waals surface area (Å²) in [6.45, 7) is 4.04. The first-order valence-electron chi connectivity index (χ1n) is 8.31. The fraction of sp³-hybridized carbons (Fsp3) is 0.190. The van der Waals surface area contributed by atoms with Crippen LogP contribution in [0.3, 0.4) is 0 Å². The third kappa shape index (κ3) is 4.51. The van der Waals surface area contributed by atoms with Gasteiger partial charge >= 0.3 is 0 Å². The highest BCUT2D eigenvalue weighted by Gasteiger charge is 2.06. The van der Waals surface area contributed by atoms with Crippen LogP contribution >= 0.6 is 0 Å². The monoisotopic (exact) mass is 334 g/mol. The summed E-state index contributed by atoms with van der Waals surface area (Å²) in [6, 6.07) is 21.6. The molecule has 0 aliphatic carbocycles. The van der Waals surface area contributed by atoms with Gasteiger partial charge < -0.3 is 14.4 Å². The first-order valence-corrected chi connectivity index (χ1v) is 8.31. The zero-order valence-electron chi connectivity index (χ0n) is 14.7. The van der Waals surface area contributed by atoms with Gasteiger partial charge in [-0.1, -0.05) is 6.07 Å². The summed E-state index contributed by atoms with van der Waals surface area (Å²) in [5.74, 6) is 2.23. The fourth-order valence-corrected chi connectivity index (χ4v) is 2.44. The lowest BCUT2D eigenvalue weighted by Crippen LogP contribution is -2.09. The first-order chi connectivity index (χ1) is 12.1. The van der Waals surface area contributed by atoms with Crippen LogP contribution in [0.5, 0.6) is 17.4 Å². The second-order valence-corrected chi connectivity index (χ2v) is 5.98. The Morgan fingerprint density at radius 3 is 1.92 bits per heavy atom. The van der Waals surface area contributed by atoms with E-state index in [-0.39, 0.29) is 6.10 Å². The number of pyridine rings is 1. The minimum absolute atomic E-state index is 0.176. The third-order valence-electron chi connectivity index (χ3n) is 3.68. The third-order valence-corrected chi connectivity index (χ3v) is 3.68. The first kappa shape index (κ1) is 16.8. The minimum Gasteiger partial charge on any atom is -0.491 e. The molecule has 128 valence electrons. The highest BCUT2D eigenvalue weighted by atomic mass is 16.5. The molecule has 4 nitrogen and oxygen atoms in total. The van der Waals surface area contributed by atoms with E-state index in [1.165, 1.54) is 0 Å².